The first-order valence-corrected chi connectivity index (χ1v) is 23.3. The Bertz CT molecular complexity index is 1680. The molecule has 0 saturated carbocycles. The van der Waals surface area contributed by atoms with Crippen LogP contribution < -0.4 is 10.2 Å². The summed E-state index contributed by atoms with van der Waals surface area (Å²) in [6, 6.07) is 11.1. The van der Waals surface area contributed by atoms with Crippen LogP contribution >= 0.6 is 0 Å². The van der Waals surface area contributed by atoms with Gasteiger partial charge in [0, 0.05) is 64.2 Å². The second-order valence-electron chi connectivity index (χ2n) is 17.3. The number of benzene rings is 1. The van der Waals surface area contributed by atoms with Gasteiger partial charge in [-0.1, -0.05) is 31.8 Å². The van der Waals surface area contributed by atoms with Crippen LogP contribution in [0.25, 0.3) is 22.2 Å². The third-order valence-electron chi connectivity index (χ3n) is 10.9. The predicted octanol–water partition coefficient (Wildman–Crippen LogP) is 8.31. The first-order chi connectivity index (χ1) is 25.6. The van der Waals surface area contributed by atoms with Crippen LogP contribution in [-0.2, 0) is 20.9 Å². The highest BCUT2D eigenvalue weighted by molar-refractivity contribution is 6.76. The maximum absolute atomic E-state index is 14.6. The van der Waals surface area contributed by atoms with Gasteiger partial charge in [-0.2, -0.15) is 13.2 Å². The molecule has 5 heterocycles. The number of pyridine rings is 1. The van der Waals surface area contributed by atoms with E-state index in [1.54, 1.807) is 17.0 Å². The van der Waals surface area contributed by atoms with E-state index < -0.39 is 31.8 Å². The van der Waals surface area contributed by atoms with Crippen LogP contribution in [-0.4, -0.2) is 116 Å². The lowest BCUT2D eigenvalue weighted by molar-refractivity contribution is -0.157. The zero-order valence-corrected chi connectivity index (χ0v) is 33.9. The van der Waals surface area contributed by atoms with E-state index in [1.807, 2.05) is 45.2 Å². The Balaban J connectivity index is 1.13. The number of piperidine rings is 2. The minimum atomic E-state index is -4.40. The van der Waals surface area contributed by atoms with Crippen molar-refractivity contribution in [1.29, 1.82) is 0 Å². The van der Waals surface area contributed by atoms with E-state index in [2.05, 4.69) is 45.4 Å². The van der Waals surface area contributed by atoms with E-state index in [9.17, 15) is 18.0 Å². The SMILES string of the molecule is CC(C)(C)OC(=O)N1CCC(N2CCC(C(Nc3ccc(-c4cc5c(N6CCOCC6)nccc5n4COCC[Si](C)(C)C)cc3)C(F)(F)F)CC2)CC1. The number of ether oxygens (including phenoxy) is 3. The molecule has 3 fully saturated rings. The molecule has 1 atom stereocenters. The highest BCUT2D eigenvalue weighted by Gasteiger charge is 2.46. The van der Waals surface area contributed by atoms with E-state index in [0.29, 0.717) is 71.3 Å². The van der Waals surface area contributed by atoms with Crippen molar-refractivity contribution in [1.82, 2.24) is 19.4 Å². The molecule has 10 nitrogen and oxygen atoms in total. The molecule has 1 aromatic carbocycles. The highest BCUT2D eigenvalue weighted by atomic mass is 28.3. The average molecular weight is 773 g/mol. The largest absolute Gasteiger partial charge is 0.444 e. The van der Waals surface area contributed by atoms with Gasteiger partial charge < -0.3 is 38.8 Å². The number of likely N-dealkylation sites (tertiary alicyclic amines) is 2. The molecule has 0 bridgehead atoms. The van der Waals surface area contributed by atoms with Crippen LogP contribution in [0.15, 0.2) is 42.6 Å². The molecule has 2 aromatic heterocycles. The lowest BCUT2D eigenvalue weighted by Gasteiger charge is -2.43. The molecule has 0 spiro atoms. The fraction of sp³-hybridized carbons (Fsp3) is 0.650. The van der Waals surface area contributed by atoms with Crippen LogP contribution in [0.1, 0.15) is 46.5 Å². The third-order valence-corrected chi connectivity index (χ3v) is 12.6. The smallest absolute Gasteiger partial charge is 0.410 e. The number of halogens is 3. The molecule has 1 amide bonds. The Labute approximate surface area is 319 Å². The minimum absolute atomic E-state index is 0.261. The fourth-order valence-corrected chi connectivity index (χ4v) is 8.61. The first kappa shape index (κ1) is 40.3. The van der Waals surface area contributed by atoms with Gasteiger partial charge in [0.1, 0.15) is 24.2 Å². The molecule has 3 aliphatic heterocycles. The number of fused-ring (bicyclic) bond motifs is 1. The number of alkyl halides is 3. The van der Waals surface area contributed by atoms with E-state index >= 15 is 0 Å². The quantitative estimate of drug-likeness (QED) is 0.154. The van der Waals surface area contributed by atoms with Crippen molar-refractivity contribution < 1.29 is 32.2 Å². The highest BCUT2D eigenvalue weighted by Crippen LogP contribution is 2.37. The summed E-state index contributed by atoms with van der Waals surface area (Å²) in [7, 11) is -1.28. The summed E-state index contributed by atoms with van der Waals surface area (Å²) < 4.78 is 63.5. The number of nitrogens with zero attached hydrogens (tertiary/aromatic N) is 5. The normalized spacial score (nSPS) is 19.4. The number of amides is 1. The van der Waals surface area contributed by atoms with Crippen LogP contribution in [0.5, 0.6) is 0 Å². The van der Waals surface area contributed by atoms with Gasteiger partial charge in [-0.05, 0) is 101 Å². The Kier molecular flexibility index (Phi) is 12.6. The maximum atomic E-state index is 14.6. The Morgan fingerprint density at radius 1 is 0.963 bits per heavy atom. The number of rotatable bonds is 11. The van der Waals surface area contributed by atoms with Gasteiger partial charge in [0.05, 0.1) is 24.4 Å². The number of morpholine rings is 1. The second kappa shape index (κ2) is 16.8. The van der Waals surface area contributed by atoms with Gasteiger partial charge in [0.15, 0.2) is 0 Å². The van der Waals surface area contributed by atoms with Crippen molar-refractivity contribution in [3.63, 3.8) is 0 Å². The summed E-state index contributed by atoms with van der Waals surface area (Å²) in [4.78, 5) is 23.6. The van der Waals surface area contributed by atoms with Gasteiger partial charge in [0.25, 0.3) is 0 Å². The summed E-state index contributed by atoms with van der Waals surface area (Å²) in [6.45, 7) is 18.8. The van der Waals surface area contributed by atoms with Gasteiger partial charge in [-0.15, -0.1) is 0 Å². The fourth-order valence-electron chi connectivity index (χ4n) is 7.85. The lowest BCUT2D eigenvalue weighted by atomic mass is 9.87. The molecule has 1 unspecified atom stereocenters. The number of carbonyl (C=O) groups excluding carboxylic acids is 1. The van der Waals surface area contributed by atoms with E-state index in [0.717, 1.165) is 60.0 Å². The van der Waals surface area contributed by atoms with Gasteiger partial charge in [0.2, 0.25) is 0 Å². The molecule has 0 radical (unpaired) electrons. The Hall–Kier alpha value is -3.33. The number of hydrogen-bond acceptors (Lipinski definition) is 8. The van der Waals surface area contributed by atoms with Crippen molar-refractivity contribution in [2.75, 3.05) is 69.3 Å². The monoisotopic (exact) mass is 772 g/mol. The topological polar surface area (TPSA) is 84.3 Å². The van der Waals surface area contributed by atoms with Crippen LogP contribution in [0.3, 0.4) is 0 Å². The summed E-state index contributed by atoms with van der Waals surface area (Å²) in [5.41, 5.74) is 2.74. The van der Waals surface area contributed by atoms with E-state index in [4.69, 9.17) is 19.2 Å². The van der Waals surface area contributed by atoms with Crippen molar-refractivity contribution in [2.24, 2.45) is 5.92 Å². The molecule has 0 aliphatic carbocycles. The number of hydrogen-bond donors (Lipinski definition) is 1. The number of aromatic nitrogens is 2. The predicted molar refractivity (Wildman–Crippen MR) is 211 cm³/mol. The van der Waals surface area contributed by atoms with Crippen molar-refractivity contribution >= 4 is 36.6 Å². The third kappa shape index (κ3) is 10.3. The lowest BCUT2D eigenvalue weighted by Crippen LogP contribution is -2.52. The Morgan fingerprint density at radius 2 is 1.63 bits per heavy atom. The van der Waals surface area contributed by atoms with Gasteiger partial charge >= 0.3 is 12.3 Å². The maximum Gasteiger partial charge on any atom is 0.410 e. The van der Waals surface area contributed by atoms with Crippen LogP contribution in [0.2, 0.25) is 25.7 Å². The zero-order chi connectivity index (χ0) is 38.7. The van der Waals surface area contributed by atoms with Crippen LogP contribution in [0.4, 0.5) is 29.5 Å². The van der Waals surface area contributed by atoms with Crippen molar-refractivity contribution in [3.8, 4) is 11.3 Å². The summed E-state index contributed by atoms with van der Waals surface area (Å²) in [5, 5.41) is 3.91. The number of anilines is 2. The molecule has 54 heavy (non-hydrogen) atoms. The molecule has 298 valence electrons. The Morgan fingerprint density at radius 3 is 2.24 bits per heavy atom. The summed E-state index contributed by atoms with van der Waals surface area (Å²) >= 11 is 0. The summed E-state index contributed by atoms with van der Waals surface area (Å²) in [5.74, 6) is 0.367. The second-order valence-corrected chi connectivity index (χ2v) is 22.9. The van der Waals surface area contributed by atoms with Crippen molar-refractivity contribution in [2.45, 2.75) is 103 Å². The molecular weight excluding hydrogens is 714 g/mol. The first-order valence-electron chi connectivity index (χ1n) is 19.6. The minimum Gasteiger partial charge on any atom is -0.444 e. The number of nitrogens with one attached hydrogen (secondary N) is 1. The van der Waals surface area contributed by atoms with Gasteiger partial charge in [-0.25, -0.2) is 9.78 Å². The standard InChI is InChI=1S/C40H59F3N6O4Si/c1-39(2,3)53-38(50)48-19-14-32(15-20-48)46-17-12-30(13-18-46)36(40(41,42)43)45-31-9-7-29(8-10-31)35-27-33-34(49(35)28-52-25-26-54(4,5)6)11-16-44-37(33)47-21-23-51-24-22-47/h7-11,16,27,30,32,36,45H,12-15,17-26,28H2,1-6H3. The molecule has 6 rings (SSSR count). The molecule has 3 saturated heterocycles. The zero-order valence-electron chi connectivity index (χ0n) is 32.9. The van der Waals surface area contributed by atoms with Gasteiger partial charge in [-0.3, -0.25) is 0 Å². The van der Waals surface area contributed by atoms with E-state index in [-0.39, 0.29) is 12.1 Å². The van der Waals surface area contributed by atoms with Crippen LogP contribution in [0, 0.1) is 5.92 Å². The molecule has 14 heteroatoms. The van der Waals surface area contributed by atoms with E-state index in [1.165, 1.54) is 0 Å². The molecule has 1 N–H and O–H groups in total. The molecule has 3 aliphatic rings. The molecule has 3 aromatic rings. The summed E-state index contributed by atoms with van der Waals surface area (Å²) in [6.07, 6.45) is -0.354. The average Bonchev–Trinajstić information content (AvgIpc) is 3.50. The number of carbonyl (C=O) groups is 1. The van der Waals surface area contributed by atoms with Crippen molar-refractivity contribution in [3.05, 3.63) is 42.6 Å². The molecular formula is C40H59F3N6O4Si.